The number of hydrogen-bond donors (Lipinski definition) is 0. The molecule has 4 heteroatoms. The molecule has 1 aromatic rings. The van der Waals surface area contributed by atoms with E-state index in [0.717, 1.165) is 0 Å². The van der Waals surface area contributed by atoms with Gasteiger partial charge >= 0.3 is 0 Å². The average Bonchev–Trinajstić information content (AvgIpc) is 1.90. The van der Waals surface area contributed by atoms with Gasteiger partial charge in [-0.3, -0.25) is 9.97 Å². The molecule has 0 bridgehead atoms. The fourth-order valence-corrected chi connectivity index (χ4v) is 0.497. The molecule has 0 aliphatic rings. The van der Waals surface area contributed by atoms with Gasteiger partial charge in [-0.25, -0.2) is 0 Å². The molecule has 41 valence electrons. The Balaban J connectivity index is 2.88. The Morgan fingerprint density at radius 2 is 2.00 bits per heavy atom. The van der Waals surface area contributed by atoms with E-state index in [0.29, 0.717) is 11.2 Å². The summed E-state index contributed by atoms with van der Waals surface area (Å²) in [5.41, 5.74) is 1.31. The van der Waals surface area contributed by atoms with Crippen molar-refractivity contribution in [1.82, 2.24) is 9.97 Å². The highest BCUT2D eigenvalue weighted by atomic mass is 14.8. The van der Waals surface area contributed by atoms with Gasteiger partial charge in [-0.15, -0.1) is 0 Å². The monoisotopic (exact) mass is 115 g/mol. The highest BCUT2D eigenvalue weighted by Gasteiger charge is 1.89. The van der Waals surface area contributed by atoms with Gasteiger partial charge in [0.05, 0.1) is 5.72 Å². The van der Waals surface area contributed by atoms with Crippen LogP contribution in [0.2, 0.25) is 6.82 Å². The quantitative estimate of drug-likeness (QED) is 0.422. The largest absolute Gasteiger partial charge is 0.254 e. The smallest absolute Gasteiger partial charge is 0.201 e. The molecule has 1 aromatic heterocycles. The average molecular weight is 115 g/mol. The van der Waals surface area contributed by atoms with Gasteiger partial charge in [0.15, 0.2) is 0 Å². The van der Waals surface area contributed by atoms with Crippen molar-refractivity contribution >= 4 is 26.3 Å². The SMILES string of the molecule is [B]c1cnc([B]C)nc1. The van der Waals surface area contributed by atoms with Crippen LogP contribution in [-0.4, -0.2) is 25.1 Å². The van der Waals surface area contributed by atoms with Gasteiger partial charge in [-0.2, -0.15) is 0 Å². The minimum Gasteiger partial charge on any atom is -0.254 e. The summed E-state index contributed by atoms with van der Waals surface area (Å²) in [5, 5.41) is 0. The van der Waals surface area contributed by atoms with Crippen molar-refractivity contribution in [1.29, 1.82) is 0 Å². The van der Waals surface area contributed by atoms with Crippen molar-refractivity contribution in [3.63, 3.8) is 0 Å². The maximum Gasteiger partial charge on any atom is 0.201 e. The molecular weight excluding hydrogens is 110 g/mol. The van der Waals surface area contributed by atoms with E-state index in [9.17, 15) is 0 Å². The zero-order valence-corrected chi connectivity index (χ0v) is 5.20. The van der Waals surface area contributed by atoms with Crippen LogP contribution < -0.4 is 11.2 Å². The number of aromatic nitrogens is 2. The van der Waals surface area contributed by atoms with E-state index in [2.05, 4.69) is 9.97 Å². The van der Waals surface area contributed by atoms with Gasteiger partial charge in [0.25, 0.3) is 0 Å². The van der Waals surface area contributed by atoms with Crippen LogP contribution in [0.4, 0.5) is 0 Å². The molecule has 9 heavy (non-hydrogen) atoms. The van der Waals surface area contributed by atoms with Crippen molar-refractivity contribution in [3.05, 3.63) is 12.4 Å². The highest BCUT2D eigenvalue weighted by molar-refractivity contribution is 6.49. The summed E-state index contributed by atoms with van der Waals surface area (Å²) in [6, 6.07) is 0. The summed E-state index contributed by atoms with van der Waals surface area (Å²) in [5.74, 6) is 0. The molecule has 0 amide bonds. The van der Waals surface area contributed by atoms with Gasteiger partial charge in [0.1, 0.15) is 7.85 Å². The normalized spacial score (nSPS) is 9.00. The maximum atomic E-state index is 5.34. The lowest BCUT2D eigenvalue weighted by atomic mass is 9.81. The molecule has 0 saturated heterocycles. The molecule has 0 N–H and O–H groups in total. The molecule has 1 heterocycles. The Morgan fingerprint density at radius 1 is 1.44 bits per heavy atom. The van der Waals surface area contributed by atoms with Crippen LogP contribution in [0, 0.1) is 0 Å². The summed E-state index contributed by atoms with van der Waals surface area (Å²) in [4.78, 5) is 7.81. The lowest BCUT2D eigenvalue weighted by Crippen LogP contribution is -2.22. The third-order valence-corrected chi connectivity index (χ3v) is 0.950. The van der Waals surface area contributed by atoms with Gasteiger partial charge in [0, 0.05) is 12.4 Å². The van der Waals surface area contributed by atoms with Crippen molar-refractivity contribution in [2.75, 3.05) is 0 Å². The van der Waals surface area contributed by atoms with Crippen LogP contribution in [-0.2, 0) is 0 Å². The van der Waals surface area contributed by atoms with Crippen LogP contribution >= 0.6 is 0 Å². The molecule has 0 unspecified atom stereocenters. The first kappa shape index (κ1) is 6.33. The van der Waals surface area contributed by atoms with Gasteiger partial charge in [-0.1, -0.05) is 12.3 Å². The molecule has 0 aliphatic carbocycles. The van der Waals surface area contributed by atoms with Crippen LogP contribution in [0.1, 0.15) is 0 Å². The second kappa shape index (κ2) is 2.67. The molecule has 3 radical (unpaired) electrons. The van der Waals surface area contributed by atoms with E-state index >= 15 is 0 Å². The minimum absolute atomic E-state index is 0.598. The Labute approximate surface area is 56.4 Å². The van der Waals surface area contributed by atoms with Gasteiger partial charge < -0.3 is 0 Å². The second-order valence-electron chi connectivity index (χ2n) is 1.66. The maximum absolute atomic E-state index is 5.34. The summed E-state index contributed by atoms with van der Waals surface area (Å²) >= 11 is 0. The Bertz CT molecular complexity index is 185. The predicted octanol–water partition coefficient (Wildman–Crippen LogP) is -1.35. The Hall–Kier alpha value is -0.790. The molecule has 0 aliphatic heterocycles. The third-order valence-electron chi connectivity index (χ3n) is 0.950. The van der Waals surface area contributed by atoms with Gasteiger partial charge in [-0.05, 0) is 0 Å². The van der Waals surface area contributed by atoms with E-state index in [1.165, 1.54) is 0 Å². The standard InChI is InChI=1S/C5H5B2N2/c1-7-5-8-2-4(6)3-9-5/h2-3H,1H3. The van der Waals surface area contributed by atoms with Crippen molar-refractivity contribution in [2.45, 2.75) is 6.82 Å². The number of rotatable bonds is 1. The van der Waals surface area contributed by atoms with Crippen molar-refractivity contribution < 1.29 is 0 Å². The summed E-state index contributed by atoms with van der Waals surface area (Å²) < 4.78 is 0. The lowest BCUT2D eigenvalue weighted by molar-refractivity contribution is 1.25. The zero-order valence-electron chi connectivity index (χ0n) is 5.20. The van der Waals surface area contributed by atoms with Crippen molar-refractivity contribution in [2.24, 2.45) is 0 Å². The van der Waals surface area contributed by atoms with E-state index in [-0.39, 0.29) is 0 Å². The van der Waals surface area contributed by atoms with Crippen LogP contribution in [0.15, 0.2) is 12.4 Å². The molecular formula is C5H5B2N2. The third kappa shape index (κ3) is 1.56. The molecule has 1 rings (SSSR count). The van der Waals surface area contributed by atoms with E-state index in [4.69, 9.17) is 7.85 Å². The second-order valence-corrected chi connectivity index (χ2v) is 1.66. The topological polar surface area (TPSA) is 25.8 Å². The fourth-order valence-electron chi connectivity index (χ4n) is 0.497. The number of hydrogen-bond acceptors (Lipinski definition) is 2. The van der Waals surface area contributed by atoms with Crippen LogP contribution in [0.3, 0.4) is 0 Å². The minimum atomic E-state index is 0.598. The van der Waals surface area contributed by atoms with Gasteiger partial charge in [0.2, 0.25) is 7.28 Å². The molecule has 0 atom stereocenters. The van der Waals surface area contributed by atoms with Crippen molar-refractivity contribution in [3.8, 4) is 0 Å². The first-order valence-corrected chi connectivity index (χ1v) is 2.70. The van der Waals surface area contributed by atoms with Crippen LogP contribution in [0.25, 0.3) is 0 Å². The Morgan fingerprint density at radius 3 is 2.44 bits per heavy atom. The molecule has 0 saturated carbocycles. The fraction of sp³-hybridized carbons (Fsp3) is 0.200. The predicted molar refractivity (Wildman–Crippen MR) is 38.7 cm³/mol. The van der Waals surface area contributed by atoms with E-state index in [1.807, 2.05) is 14.1 Å². The lowest BCUT2D eigenvalue weighted by Gasteiger charge is -1.92. The molecule has 0 fully saturated rings. The highest BCUT2D eigenvalue weighted by Crippen LogP contribution is 1.63. The first-order valence-electron chi connectivity index (χ1n) is 2.70. The summed E-state index contributed by atoms with van der Waals surface area (Å²) in [6.45, 7) is 1.88. The zero-order chi connectivity index (χ0) is 6.69. The molecule has 0 aromatic carbocycles. The number of nitrogens with zero attached hydrogens (tertiary/aromatic N) is 2. The Kier molecular flexibility index (Phi) is 1.88. The van der Waals surface area contributed by atoms with E-state index < -0.39 is 0 Å². The molecule has 2 nitrogen and oxygen atoms in total. The summed E-state index contributed by atoms with van der Waals surface area (Å²) in [7, 11) is 7.16. The molecule has 0 spiro atoms. The first-order chi connectivity index (χ1) is 4.33. The van der Waals surface area contributed by atoms with E-state index in [1.54, 1.807) is 12.4 Å². The van der Waals surface area contributed by atoms with Crippen LogP contribution in [0.5, 0.6) is 0 Å². The summed E-state index contributed by atoms with van der Waals surface area (Å²) in [6.07, 6.45) is 3.17.